The summed E-state index contributed by atoms with van der Waals surface area (Å²) >= 11 is 0. The standard InChI is InChI=1S/C15H20N2O/c1-12(18)8-10-17(2)11-13-7-9-16-15-6-4-3-5-14(13)15/h3-7,9,12,18H,8,10-11H2,1-2H3. The quantitative estimate of drug-likeness (QED) is 0.877. The van der Waals surface area contributed by atoms with Crippen molar-refractivity contribution < 1.29 is 5.11 Å². The van der Waals surface area contributed by atoms with Crippen molar-refractivity contribution in [3.8, 4) is 0 Å². The van der Waals surface area contributed by atoms with E-state index < -0.39 is 0 Å². The molecule has 0 amide bonds. The first-order valence-electron chi connectivity index (χ1n) is 6.36. The van der Waals surface area contributed by atoms with Gasteiger partial charge < -0.3 is 10.0 Å². The van der Waals surface area contributed by atoms with Gasteiger partial charge in [-0.2, -0.15) is 0 Å². The zero-order chi connectivity index (χ0) is 13.0. The molecule has 96 valence electrons. The van der Waals surface area contributed by atoms with E-state index in [4.69, 9.17) is 0 Å². The summed E-state index contributed by atoms with van der Waals surface area (Å²) in [5.41, 5.74) is 2.33. The molecule has 1 N–H and O–H groups in total. The summed E-state index contributed by atoms with van der Waals surface area (Å²) in [6.45, 7) is 3.61. The Hall–Kier alpha value is -1.45. The molecule has 0 saturated heterocycles. The van der Waals surface area contributed by atoms with Crippen molar-refractivity contribution in [2.75, 3.05) is 13.6 Å². The van der Waals surface area contributed by atoms with Crippen molar-refractivity contribution in [2.45, 2.75) is 26.0 Å². The molecule has 0 fully saturated rings. The zero-order valence-electron chi connectivity index (χ0n) is 11.0. The SMILES string of the molecule is CC(O)CCN(C)Cc1ccnc2ccccc12. The number of benzene rings is 1. The van der Waals surface area contributed by atoms with Gasteiger partial charge in [0, 0.05) is 24.7 Å². The number of nitrogens with zero attached hydrogens (tertiary/aromatic N) is 2. The smallest absolute Gasteiger partial charge is 0.0705 e. The van der Waals surface area contributed by atoms with E-state index in [9.17, 15) is 5.11 Å². The molecule has 1 aromatic carbocycles. The van der Waals surface area contributed by atoms with Crippen molar-refractivity contribution >= 4 is 10.9 Å². The Labute approximate surface area is 108 Å². The summed E-state index contributed by atoms with van der Waals surface area (Å²) in [6, 6.07) is 10.3. The van der Waals surface area contributed by atoms with Crippen LogP contribution in [0.1, 0.15) is 18.9 Å². The maximum atomic E-state index is 9.30. The lowest BCUT2D eigenvalue weighted by atomic mass is 10.1. The lowest BCUT2D eigenvalue weighted by molar-refractivity contribution is 0.163. The van der Waals surface area contributed by atoms with Gasteiger partial charge in [-0.15, -0.1) is 0 Å². The van der Waals surface area contributed by atoms with E-state index in [0.717, 1.165) is 25.0 Å². The molecule has 0 aliphatic carbocycles. The first-order valence-corrected chi connectivity index (χ1v) is 6.36. The van der Waals surface area contributed by atoms with Gasteiger partial charge >= 0.3 is 0 Å². The molecule has 3 heteroatoms. The van der Waals surface area contributed by atoms with E-state index in [-0.39, 0.29) is 6.10 Å². The highest BCUT2D eigenvalue weighted by Crippen LogP contribution is 2.17. The van der Waals surface area contributed by atoms with E-state index in [2.05, 4.69) is 29.1 Å². The second-order valence-electron chi connectivity index (χ2n) is 4.86. The molecular weight excluding hydrogens is 224 g/mol. The third kappa shape index (κ3) is 3.28. The van der Waals surface area contributed by atoms with E-state index in [1.807, 2.05) is 31.3 Å². The van der Waals surface area contributed by atoms with E-state index >= 15 is 0 Å². The van der Waals surface area contributed by atoms with Crippen molar-refractivity contribution in [3.63, 3.8) is 0 Å². The Balaban J connectivity index is 2.11. The number of aliphatic hydroxyl groups excluding tert-OH is 1. The van der Waals surface area contributed by atoms with Crippen LogP contribution in [0.15, 0.2) is 36.5 Å². The van der Waals surface area contributed by atoms with Crippen LogP contribution in [0.2, 0.25) is 0 Å². The predicted molar refractivity (Wildman–Crippen MR) is 74.4 cm³/mol. The molecule has 0 radical (unpaired) electrons. The summed E-state index contributed by atoms with van der Waals surface area (Å²) in [5.74, 6) is 0. The fraction of sp³-hybridized carbons (Fsp3) is 0.400. The van der Waals surface area contributed by atoms with Crippen LogP contribution in [0.25, 0.3) is 10.9 Å². The van der Waals surface area contributed by atoms with Gasteiger partial charge in [0.2, 0.25) is 0 Å². The van der Waals surface area contributed by atoms with Crippen LogP contribution in [0.4, 0.5) is 0 Å². The average molecular weight is 244 g/mol. The van der Waals surface area contributed by atoms with E-state index in [0.29, 0.717) is 0 Å². The Morgan fingerprint density at radius 3 is 2.83 bits per heavy atom. The fourth-order valence-electron chi connectivity index (χ4n) is 2.07. The van der Waals surface area contributed by atoms with Crippen LogP contribution in [0.5, 0.6) is 0 Å². The monoisotopic (exact) mass is 244 g/mol. The van der Waals surface area contributed by atoms with Gasteiger partial charge in [-0.1, -0.05) is 18.2 Å². The second-order valence-corrected chi connectivity index (χ2v) is 4.86. The van der Waals surface area contributed by atoms with Gasteiger partial charge in [-0.05, 0) is 38.1 Å². The van der Waals surface area contributed by atoms with E-state index in [1.165, 1.54) is 10.9 Å². The number of aromatic nitrogens is 1. The number of para-hydroxylation sites is 1. The Kier molecular flexibility index (Phi) is 4.28. The van der Waals surface area contributed by atoms with Crippen LogP contribution in [0.3, 0.4) is 0 Å². The number of hydrogen-bond donors (Lipinski definition) is 1. The maximum absolute atomic E-state index is 9.30. The van der Waals surface area contributed by atoms with Crippen LogP contribution < -0.4 is 0 Å². The minimum Gasteiger partial charge on any atom is -0.393 e. The van der Waals surface area contributed by atoms with Crippen LogP contribution in [-0.2, 0) is 6.54 Å². The molecule has 2 rings (SSSR count). The van der Waals surface area contributed by atoms with Gasteiger partial charge in [0.05, 0.1) is 11.6 Å². The molecule has 2 aromatic rings. The van der Waals surface area contributed by atoms with Crippen molar-refractivity contribution in [2.24, 2.45) is 0 Å². The highest BCUT2D eigenvalue weighted by atomic mass is 16.3. The molecule has 3 nitrogen and oxygen atoms in total. The van der Waals surface area contributed by atoms with Gasteiger partial charge in [0.25, 0.3) is 0 Å². The largest absolute Gasteiger partial charge is 0.393 e. The van der Waals surface area contributed by atoms with Crippen LogP contribution in [0, 0.1) is 0 Å². The summed E-state index contributed by atoms with van der Waals surface area (Å²) < 4.78 is 0. The Morgan fingerprint density at radius 2 is 2.06 bits per heavy atom. The van der Waals surface area contributed by atoms with Crippen molar-refractivity contribution in [1.29, 1.82) is 0 Å². The first-order chi connectivity index (χ1) is 8.66. The Bertz CT molecular complexity index is 505. The van der Waals surface area contributed by atoms with Gasteiger partial charge in [0.1, 0.15) is 0 Å². The minimum atomic E-state index is -0.235. The average Bonchev–Trinajstić information content (AvgIpc) is 2.37. The molecular formula is C15H20N2O. The van der Waals surface area contributed by atoms with Gasteiger partial charge in [-0.3, -0.25) is 4.98 Å². The molecule has 18 heavy (non-hydrogen) atoms. The van der Waals surface area contributed by atoms with Gasteiger partial charge in [-0.25, -0.2) is 0 Å². The van der Waals surface area contributed by atoms with Crippen molar-refractivity contribution in [1.82, 2.24) is 9.88 Å². The Morgan fingerprint density at radius 1 is 1.28 bits per heavy atom. The van der Waals surface area contributed by atoms with Crippen LogP contribution in [-0.4, -0.2) is 34.7 Å². The third-order valence-corrected chi connectivity index (χ3v) is 3.11. The summed E-state index contributed by atoms with van der Waals surface area (Å²) in [7, 11) is 2.08. The number of fused-ring (bicyclic) bond motifs is 1. The first kappa shape index (κ1) is 13.0. The highest BCUT2D eigenvalue weighted by molar-refractivity contribution is 5.81. The van der Waals surface area contributed by atoms with Crippen molar-refractivity contribution in [3.05, 3.63) is 42.1 Å². The van der Waals surface area contributed by atoms with E-state index in [1.54, 1.807) is 0 Å². The lowest BCUT2D eigenvalue weighted by Gasteiger charge is -2.18. The molecule has 0 saturated carbocycles. The topological polar surface area (TPSA) is 36.4 Å². The molecule has 1 atom stereocenters. The number of aliphatic hydroxyl groups is 1. The lowest BCUT2D eigenvalue weighted by Crippen LogP contribution is -2.22. The third-order valence-electron chi connectivity index (χ3n) is 3.11. The fourth-order valence-corrected chi connectivity index (χ4v) is 2.07. The maximum Gasteiger partial charge on any atom is 0.0705 e. The number of hydrogen-bond acceptors (Lipinski definition) is 3. The minimum absolute atomic E-state index is 0.235. The molecule has 1 heterocycles. The molecule has 0 bridgehead atoms. The number of pyridine rings is 1. The highest BCUT2D eigenvalue weighted by Gasteiger charge is 2.06. The summed E-state index contributed by atoms with van der Waals surface area (Å²) in [6.07, 6.45) is 2.43. The second kappa shape index (κ2) is 5.94. The molecule has 1 unspecified atom stereocenters. The normalized spacial score (nSPS) is 13.1. The predicted octanol–water partition coefficient (Wildman–Crippen LogP) is 2.44. The summed E-state index contributed by atoms with van der Waals surface area (Å²) in [5, 5.41) is 10.5. The van der Waals surface area contributed by atoms with Crippen LogP contribution >= 0.6 is 0 Å². The zero-order valence-corrected chi connectivity index (χ0v) is 11.0. The molecule has 0 spiro atoms. The number of rotatable bonds is 5. The molecule has 0 aliphatic rings. The molecule has 0 aliphatic heterocycles. The molecule has 1 aromatic heterocycles. The van der Waals surface area contributed by atoms with Gasteiger partial charge in [0.15, 0.2) is 0 Å². The summed E-state index contributed by atoms with van der Waals surface area (Å²) in [4.78, 5) is 6.60.